The maximum absolute atomic E-state index is 13.8. The highest BCUT2D eigenvalue weighted by molar-refractivity contribution is 9.10. The molecule has 0 atom stereocenters. The van der Waals surface area contributed by atoms with E-state index < -0.39 is 0 Å². The third-order valence-corrected chi connectivity index (χ3v) is 7.18. The van der Waals surface area contributed by atoms with Crippen molar-refractivity contribution < 1.29 is 4.79 Å². The van der Waals surface area contributed by atoms with Gasteiger partial charge in [0.15, 0.2) is 5.13 Å². The van der Waals surface area contributed by atoms with Gasteiger partial charge in [0.25, 0.3) is 0 Å². The fourth-order valence-electron chi connectivity index (χ4n) is 3.96. The summed E-state index contributed by atoms with van der Waals surface area (Å²) in [6.07, 6.45) is 1.29. The van der Waals surface area contributed by atoms with Crippen LogP contribution >= 0.6 is 27.3 Å². The zero-order chi connectivity index (χ0) is 23.2. The number of benzene rings is 3. The molecule has 0 aliphatic heterocycles. The molecule has 6 heteroatoms. The quantitative estimate of drug-likeness (QED) is 0.250. The highest BCUT2D eigenvalue weighted by Crippen LogP contribution is 2.34. The van der Waals surface area contributed by atoms with E-state index in [2.05, 4.69) is 65.3 Å². The van der Waals surface area contributed by atoms with Gasteiger partial charge in [0.1, 0.15) is 0 Å². The van der Waals surface area contributed by atoms with E-state index in [0.29, 0.717) is 13.0 Å². The van der Waals surface area contributed by atoms with Crippen molar-refractivity contribution in [3.05, 3.63) is 94.5 Å². The molecule has 1 aromatic heterocycles. The Morgan fingerprint density at radius 3 is 2.18 bits per heavy atom. The minimum Gasteiger partial charge on any atom is -0.309 e. The molecule has 0 bridgehead atoms. The molecule has 1 amide bonds. The molecule has 0 aliphatic carbocycles. The van der Waals surface area contributed by atoms with Gasteiger partial charge < -0.3 is 4.90 Å². The predicted molar refractivity (Wildman–Crippen MR) is 142 cm³/mol. The van der Waals surface area contributed by atoms with Crippen LogP contribution in [0.25, 0.3) is 10.2 Å². The Morgan fingerprint density at radius 2 is 1.58 bits per heavy atom. The number of carbonyl (C=O) groups is 1. The lowest BCUT2D eigenvalue weighted by Crippen LogP contribution is -2.34. The van der Waals surface area contributed by atoms with Crippen LogP contribution in [0.1, 0.15) is 29.9 Å². The molecular formula is C27H28BrN3OS. The minimum atomic E-state index is -0.000212. The van der Waals surface area contributed by atoms with Gasteiger partial charge in [-0.3, -0.25) is 9.69 Å². The van der Waals surface area contributed by atoms with Crippen molar-refractivity contribution in [2.75, 3.05) is 32.1 Å². The highest BCUT2D eigenvalue weighted by Gasteiger charge is 2.25. The van der Waals surface area contributed by atoms with Crippen LogP contribution in [0.15, 0.2) is 83.3 Å². The zero-order valence-electron chi connectivity index (χ0n) is 18.9. The van der Waals surface area contributed by atoms with Crippen molar-refractivity contribution in [2.24, 2.45) is 0 Å². The fourth-order valence-corrected chi connectivity index (χ4v) is 5.52. The zero-order valence-corrected chi connectivity index (χ0v) is 21.3. The molecule has 33 heavy (non-hydrogen) atoms. The normalized spacial score (nSPS) is 11.4. The highest BCUT2D eigenvalue weighted by atomic mass is 79.9. The van der Waals surface area contributed by atoms with Gasteiger partial charge in [-0.25, -0.2) is 4.98 Å². The van der Waals surface area contributed by atoms with Crippen LogP contribution in [0.4, 0.5) is 5.13 Å². The number of nitrogens with zero attached hydrogens (tertiary/aromatic N) is 3. The monoisotopic (exact) mass is 521 g/mol. The van der Waals surface area contributed by atoms with Gasteiger partial charge in [-0.15, -0.1) is 0 Å². The van der Waals surface area contributed by atoms with Gasteiger partial charge >= 0.3 is 0 Å². The third-order valence-electron chi connectivity index (χ3n) is 5.64. The SMILES string of the molecule is CN(C)CCCN(C(=O)CC(c1ccccc1)c1ccccc1)c1nc2ccc(Br)cc2s1. The average Bonchev–Trinajstić information content (AvgIpc) is 3.23. The second kappa shape index (κ2) is 11.1. The Morgan fingerprint density at radius 1 is 0.939 bits per heavy atom. The first kappa shape index (κ1) is 23.6. The van der Waals surface area contributed by atoms with Crippen molar-refractivity contribution >= 4 is 48.5 Å². The molecule has 0 radical (unpaired) electrons. The number of fused-ring (bicyclic) bond motifs is 1. The number of carbonyl (C=O) groups excluding carboxylic acids is 1. The number of thiazole rings is 1. The molecule has 4 nitrogen and oxygen atoms in total. The molecule has 0 fully saturated rings. The van der Waals surface area contributed by atoms with E-state index in [1.54, 1.807) is 11.3 Å². The van der Waals surface area contributed by atoms with E-state index in [0.717, 1.165) is 43.9 Å². The predicted octanol–water partition coefficient (Wildman–Crippen LogP) is 6.57. The van der Waals surface area contributed by atoms with Crippen LogP contribution < -0.4 is 4.90 Å². The summed E-state index contributed by atoms with van der Waals surface area (Å²) < 4.78 is 2.09. The maximum atomic E-state index is 13.8. The molecule has 0 unspecified atom stereocenters. The van der Waals surface area contributed by atoms with Crippen LogP contribution in [0.2, 0.25) is 0 Å². The van der Waals surface area contributed by atoms with Crippen LogP contribution in [0, 0.1) is 0 Å². The first-order chi connectivity index (χ1) is 16.0. The Labute approximate surface area is 208 Å². The Bertz CT molecular complexity index is 1150. The number of anilines is 1. The van der Waals surface area contributed by atoms with Crippen molar-refractivity contribution in [3.8, 4) is 0 Å². The van der Waals surface area contributed by atoms with Gasteiger partial charge in [0.2, 0.25) is 5.91 Å². The number of hydrogen-bond acceptors (Lipinski definition) is 4. The summed E-state index contributed by atoms with van der Waals surface area (Å²) in [5.74, 6) is 0.101. The van der Waals surface area contributed by atoms with Gasteiger partial charge in [0, 0.05) is 23.4 Å². The lowest BCUT2D eigenvalue weighted by atomic mass is 9.88. The number of halogens is 1. The van der Waals surface area contributed by atoms with E-state index >= 15 is 0 Å². The third kappa shape index (κ3) is 6.08. The Kier molecular flexibility index (Phi) is 7.91. The molecule has 0 saturated carbocycles. The summed E-state index contributed by atoms with van der Waals surface area (Å²) in [5, 5.41) is 0.770. The lowest BCUT2D eigenvalue weighted by molar-refractivity contribution is -0.118. The van der Waals surface area contributed by atoms with E-state index in [4.69, 9.17) is 4.98 Å². The first-order valence-corrected chi connectivity index (χ1v) is 12.7. The Hall–Kier alpha value is -2.54. The molecule has 170 valence electrons. The van der Waals surface area contributed by atoms with Gasteiger partial charge in [0.05, 0.1) is 10.2 Å². The molecule has 1 heterocycles. The molecule has 4 aromatic rings. The summed E-state index contributed by atoms with van der Waals surface area (Å²) in [4.78, 5) is 22.6. The van der Waals surface area contributed by atoms with E-state index in [9.17, 15) is 4.79 Å². The lowest BCUT2D eigenvalue weighted by Gasteiger charge is -2.24. The topological polar surface area (TPSA) is 36.4 Å². The fraction of sp³-hybridized carbons (Fsp3) is 0.259. The number of rotatable bonds is 9. The van der Waals surface area contributed by atoms with E-state index in [-0.39, 0.29) is 11.8 Å². The maximum Gasteiger partial charge on any atom is 0.229 e. The number of hydrogen-bond donors (Lipinski definition) is 0. The molecule has 0 aliphatic rings. The minimum absolute atomic E-state index is 0.000212. The van der Waals surface area contributed by atoms with Crippen LogP contribution in [-0.4, -0.2) is 43.0 Å². The second-order valence-electron chi connectivity index (χ2n) is 8.39. The molecule has 0 saturated heterocycles. The van der Waals surface area contributed by atoms with Crippen LogP contribution in [0.5, 0.6) is 0 Å². The number of amides is 1. The average molecular weight is 523 g/mol. The second-order valence-corrected chi connectivity index (χ2v) is 10.3. The molecular weight excluding hydrogens is 494 g/mol. The van der Waals surface area contributed by atoms with Crippen molar-refractivity contribution in [2.45, 2.75) is 18.8 Å². The Balaban J connectivity index is 1.65. The smallest absolute Gasteiger partial charge is 0.229 e. The van der Waals surface area contributed by atoms with Gasteiger partial charge in [-0.05, 0) is 56.4 Å². The van der Waals surface area contributed by atoms with Crippen LogP contribution in [0.3, 0.4) is 0 Å². The first-order valence-electron chi connectivity index (χ1n) is 11.1. The summed E-state index contributed by atoms with van der Waals surface area (Å²) in [5.41, 5.74) is 3.23. The van der Waals surface area contributed by atoms with E-state index in [1.165, 1.54) is 0 Å². The van der Waals surface area contributed by atoms with Gasteiger partial charge in [-0.1, -0.05) is 87.9 Å². The van der Waals surface area contributed by atoms with Crippen molar-refractivity contribution in [1.29, 1.82) is 0 Å². The van der Waals surface area contributed by atoms with Crippen molar-refractivity contribution in [1.82, 2.24) is 9.88 Å². The largest absolute Gasteiger partial charge is 0.309 e. The summed E-state index contributed by atoms with van der Waals surface area (Å²) in [6, 6.07) is 26.7. The molecule has 4 rings (SSSR count). The molecule has 0 spiro atoms. The summed E-state index contributed by atoms with van der Waals surface area (Å²) >= 11 is 5.12. The summed E-state index contributed by atoms with van der Waals surface area (Å²) in [7, 11) is 4.12. The van der Waals surface area contributed by atoms with Crippen molar-refractivity contribution in [3.63, 3.8) is 0 Å². The molecule has 3 aromatic carbocycles. The number of aromatic nitrogens is 1. The summed E-state index contributed by atoms with van der Waals surface area (Å²) in [6.45, 7) is 1.56. The van der Waals surface area contributed by atoms with E-state index in [1.807, 2.05) is 53.4 Å². The standard InChI is InChI=1S/C27H28BrN3OS/c1-30(2)16-9-17-31(27-29-24-15-14-22(28)18-25(24)33-27)26(32)19-23(20-10-5-3-6-11-20)21-12-7-4-8-13-21/h3-8,10-15,18,23H,9,16-17,19H2,1-2H3. The van der Waals surface area contributed by atoms with Gasteiger partial charge in [-0.2, -0.15) is 0 Å². The molecule has 0 N–H and O–H groups in total. The van der Waals surface area contributed by atoms with Crippen LogP contribution in [-0.2, 0) is 4.79 Å².